The quantitative estimate of drug-likeness (QED) is 0.809. The van der Waals surface area contributed by atoms with Crippen molar-refractivity contribution in [2.45, 2.75) is 13.0 Å². The van der Waals surface area contributed by atoms with Crippen molar-refractivity contribution in [2.24, 2.45) is 0 Å². The second-order valence-electron chi connectivity index (χ2n) is 3.99. The number of ether oxygens (including phenoxy) is 1. The van der Waals surface area contributed by atoms with Crippen LogP contribution in [0.15, 0.2) is 24.3 Å². The Morgan fingerprint density at radius 3 is 2.42 bits per heavy atom. The van der Waals surface area contributed by atoms with E-state index in [-0.39, 0.29) is 11.6 Å². The van der Waals surface area contributed by atoms with E-state index in [2.05, 4.69) is 9.97 Å². The second kappa shape index (κ2) is 6.04. The largest absolute Gasteiger partial charge is 0.378 e. The van der Waals surface area contributed by atoms with Crippen molar-refractivity contribution < 1.29 is 13.5 Å². The number of nitrogens with zero attached hydrogens (tertiary/aromatic N) is 2. The van der Waals surface area contributed by atoms with Crippen LogP contribution in [-0.2, 0) is 17.8 Å². The van der Waals surface area contributed by atoms with Gasteiger partial charge in [-0.15, -0.1) is 0 Å². The molecule has 6 heteroatoms. The van der Waals surface area contributed by atoms with Crippen LogP contribution in [0, 0.1) is 11.6 Å². The van der Waals surface area contributed by atoms with Gasteiger partial charge in [0.15, 0.2) is 0 Å². The summed E-state index contributed by atoms with van der Waals surface area (Å²) in [4.78, 5) is 8.24. The Morgan fingerprint density at radius 2 is 1.79 bits per heavy atom. The number of hydrogen-bond donors (Lipinski definition) is 0. The van der Waals surface area contributed by atoms with E-state index in [0.717, 1.165) is 6.07 Å². The summed E-state index contributed by atoms with van der Waals surface area (Å²) in [6.07, 6.45) is 0.200. The molecule has 2 rings (SSSR count). The molecule has 0 saturated carbocycles. The topological polar surface area (TPSA) is 35.0 Å². The smallest absolute Gasteiger partial charge is 0.134 e. The molecule has 3 nitrogen and oxygen atoms in total. The highest BCUT2D eigenvalue weighted by Gasteiger charge is 2.07. The fourth-order valence-corrected chi connectivity index (χ4v) is 1.94. The number of hydrogen-bond acceptors (Lipinski definition) is 3. The minimum absolute atomic E-state index is 0.200. The zero-order valence-corrected chi connectivity index (χ0v) is 10.9. The van der Waals surface area contributed by atoms with Crippen molar-refractivity contribution >= 4 is 11.6 Å². The van der Waals surface area contributed by atoms with Crippen LogP contribution in [0.2, 0.25) is 5.15 Å². The normalized spacial score (nSPS) is 10.7. The van der Waals surface area contributed by atoms with Crippen LogP contribution in [0.3, 0.4) is 0 Å². The first-order chi connectivity index (χ1) is 9.06. The molecule has 1 aromatic carbocycles. The van der Waals surface area contributed by atoms with Crippen LogP contribution in [0.5, 0.6) is 0 Å². The molecule has 1 aromatic heterocycles. The lowest BCUT2D eigenvalue weighted by Gasteiger charge is -2.05. The molecule has 0 unspecified atom stereocenters. The molecule has 0 aliphatic heterocycles. The number of aromatic nitrogens is 2. The first kappa shape index (κ1) is 13.8. The number of benzene rings is 1. The minimum atomic E-state index is -0.630. The van der Waals surface area contributed by atoms with Crippen LogP contribution in [-0.4, -0.2) is 17.1 Å². The van der Waals surface area contributed by atoms with Crippen LogP contribution < -0.4 is 0 Å². The molecule has 0 N–H and O–H groups in total. The zero-order valence-electron chi connectivity index (χ0n) is 10.2. The SMILES string of the molecule is COCc1cc(Cl)nc(Cc2cc(F)cc(F)c2)n1. The molecule has 0 aliphatic carbocycles. The molecule has 0 aliphatic rings. The van der Waals surface area contributed by atoms with Gasteiger partial charge in [-0.25, -0.2) is 18.7 Å². The van der Waals surface area contributed by atoms with E-state index in [1.807, 2.05) is 0 Å². The van der Waals surface area contributed by atoms with E-state index in [1.165, 1.54) is 19.2 Å². The predicted molar refractivity (Wildman–Crippen MR) is 66.9 cm³/mol. The van der Waals surface area contributed by atoms with Crippen molar-refractivity contribution in [1.82, 2.24) is 9.97 Å². The number of methoxy groups -OCH3 is 1. The summed E-state index contributed by atoms with van der Waals surface area (Å²) in [6, 6.07) is 4.88. The summed E-state index contributed by atoms with van der Waals surface area (Å²) in [7, 11) is 1.54. The van der Waals surface area contributed by atoms with E-state index in [0.29, 0.717) is 23.7 Å². The maximum Gasteiger partial charge on any atom is 0.134 e. The summed E-state index contributed by atoms with van der Waals surface area (Å²) in [5.74, 6) is -0.868. The first-order valence-electron chi connectivity index (χ1n) is 5.53. The molecule has 0 spiro atoms. The Morgan fingerprint density at radius 1 is 1.11 bits per heavy atom. The van der Waals surface area contributed by atoms with Crippen molar-refractivity contribution in [1.29, 1.82) is 0 Å². The lowest BCUT2D eigenvalue weighted by molar-refractivity contribution is 0.181. The Bertz CT molecular complexity index is 573. The maximum atomic E-state index is 13.1. The van der Waals surface area contributed by atoms with Gasteiger partial charge in [0.2, 0.25) is 0 Å². The van der Waals surface area contributed by atoms with Gasteiger partial charge in [0, 0.05) is 19.6 Å². The van der Waals surface area contributed by atoms with Crippen LogP contribution in [0.1, 0.15) is 17.1 Å². The molecular weight excluding hydrogens is 274 g/mol. The van der Waals surface area contributed by atoms with Crippen LogP contribution in [0.4, 0.5) is 8.78 Å². The highest BCUT2D eigenvalue weighted by Crippen LogP contribution is 2.14. The molecule has 1 heterocycles. The van der Waals surface area contributed by atoms with Crippen molar-refractivity contribution in [2.75, 3.05) is 7.11 Å². The van der Waals surface area contributed by atoms with Gasteiger partial charge < -0.3 is 4.74 Å². The van der Waals surface area contributed by atoms with E-state index >= 15 is 0 Å². The summed E-state index contributed by atoms with van der Waals surface area (Å²) in [5, 5.41) is 0.272. The monoisotopic (exact) mass is 284 g/mol. The molecule has 100 valence electrons. The third-order valence-electron chi connectivity index (χ3n) is 2.37. The van der Waals surface area contributed by atoms with Gasteiger partial charge in [-0.2, -0.15) is 0 Å². The zero-order chi connectivity index (χ0) is 13.8. The van der Waals surface area contributed by atoms with Gasteiger partial charge >= 0.3 is 0 Å². The van der Waals surface area contributed by atoms with Gasteiger partial charge in [-0.3, -0.25) is 0 Å². The molecule has 2 aromatic rings. The van der Waals surface area contributed by atoms with Gasteiger partial charge in [0.1, 0.15) is 22.6 Å². The fraction of sp³-hybridized carbons (Fsp3) is 0.231. The maximum absolute atomic E-state index is 13.1. The van der Waals surface area contributed by atoms with E-state index < -0.39 is 11.6 Å². The molecule has 0 saturated heterocycles. The highest BCUT2D eigenvalue weighted by molar-refractivity contribution is 6.29. The van der Waals surface area contributed by atoms with Gasteiger partial charge in [0.25, 0.3) is 0 Å². The van der Waals surface area contributed by atoms with Crippen LogP contribution >= 0.6 is 11.6 Å². The highest BCUT2D eigenvalue weighted by atomic mass is 35.5. The Balaban J connectivity index is 2.27. The van der Waals surface area contributed by atoms with Gasteiger partial charge in [-0.05, 0) is 23.8 Å². The minimum Gasteiger partial charge on any atom is -0.378 e. The van der Waals surface area contributed by atoms with Crippen molar-refractivity contribution in [3.05, 3.63) is 58.1 Å². The van der Waals surface area contributed by atoms with Gasteiger partial charge in [0.05, 0.1) is 12.3 Å². The fourth-order valence-electron chi connectivity index (χ4n) is 1.71. The molecule has 0 radical (unpaired) electrons. The number of rotatable bonds is 4. The molecule has 0 amide bonds. The lowest BCUT2D eigenvalue weighted by atomic mass is 10.1. The molecule has 0 atom stereocenters. The molecule has 19 heavy (non-hydrogen) atoms. The Labute approximate surface area is 114 Å². The average molecular weight is 285 g/mol. The van der Waals surface area contributed by atoms with E-state index in [4.69, 9.17) is 16.3 Å². The Hall–Kier alpha value is -1.59. The second-order valence-corrected chi connectivity index (χ2v) is 4.37. The summed E-state index contributed by atoms with van der Waals surface area (Å²) in [5.41, 5.74) is 1.07. The van der Waals surface area contributed by atoms with Crippen LogP contribution in [0.25, 0.3) is 0 Å². The third kappa shape index (κ3) is 3.94. The third-order valence-corrected chi connectivity index (χ3v) is 2.56. The average Bonchev–Trinajstić information content (AvgIpc) is 2.26. The lowest BCUT2D eigenvalue weighted by Crippen LogP contribution is -2.02. The standard InChI is InChI=1S/C13H11ClF2N2O/c1-19-7-11-6-12(14)18-13(17-11)4-8-2-9(15)5-10(16)3-8/h2-3,5-6H,4,7H2,1H3. The van der Waals surface area contributed by atoms with Crippen molar-refractivity contribution in [3.8, 4) is 0 Å². The first-order valence-corrected chi connectivity index (χ1v) is 5.91. The molecule has 0 fully saturated rings. The van der Waals surface area contributed by atoms with Crippen molar-refractivity contribution in [3.63, 3.8) is 0 Å². The van der Waals surface area contributed by atoms with Gasteiger partial charge in [-0.1, -0.05) is 11.6 Å². The summed E-state index contributed by atoms with van der Waals surface area (Å²) < 4.78 is 31.1. The molecule has 0 bridgehead atoms. The Kier molecular flexibility index (Phi) is 4.39. The number of halogens is 3. The summed E-state index contributed by atoms with van der Waals surface area (Å²) >= 11 is 5.86. The van der Waals surface area contributed by atoms with E-state index in [9.17, 15) is 8.78 Å². The predicted octanol–water partition coefficient (Wildman–Crippen LogP) is 3.15. The summed E-state index contributed by atoms with van der Waals surface area (Å²) in [6.45, 7) is 0.298. The molecular formula is C13H11ClF2N2O. The van der Waals surface area contributed by atoms with E-state index in [1.54, 1.807) is 6.07 Å².